The van der Waals surface area contributed by atoms with Crippen molar-refractivity contribution in [3.8, 4) is 0 Å². The van der Waals surface area contributed by atoms with Crippen LogP contribution in [0.25, 0.3) is 0 Å². The molecule has 0 spiro atoms. The molecule has 0 bridgehead atoms. The molecule has 1 aromatic rings. The van der Waals surface area contributed by atoms with Gasteiger partial charge < -0.3 is 11.1 Å². The molecule has 0 fully saturated rings. The Morgan fingerprint density at radius 3 is 2.86 bits per heavy atom. The molecule has 0 saturated carbocycles. The first-order valence-electron chi connectivity index (χ1n) is 4.37. The Morgan fingerprint density at radius 1 is 1.57 bits per heavy atom. The predicted octanol–water partition coefficient (Wildman–Crippen LogP) is 1.94. The summed E-state index contributed by atoms with van der Waals surface area (Å²) >= 11 is 5.87. The summed E-state index contributed by atoms with van der Waals surface area (Å²) in [5.41, 5.74) is 6.64. The van der Waals surface area contributed by atoms with Gasteiger partial charge in [0.05, 0.1) is 6.04 Å². The van der Waals surface area contributed by atoms with Crippen LogP contribution in [0.3, 0.4) is 0 Å². The zero-order chi connectivity index (χ0) is 10.6. The molecule has 1 unspecified atom stereocenters. The van der Waals surface area contributed by atoms with Crippen molar-refractivity contribution in [1.29, 1.82) is 0 Å². The molecule has 76 valence electrons. The maximum absolute atomic E-state index is 5.87. The lowest BCUT2D eigenvalue weighted by molar-refractivity contribution is 0.711. The molecule has 0 heterocycles. The second-order valence-electron chi connectivity index (χ2n) is 3.03. The van der Waals surface area contributed by atoms with Gasteiger partial charge in [0.15, 0.2) is 5.96 Å². The van der Waals surface area contributed by atoms with Crippen LogP contribution in [-0.2, 0) is 0 Å². The van der Waals surface area contributed by atoms with E-state index in [2.05, 4.69) is 10.3 Å². The molecule has 0 aliphatic rings. The minimum atomic E-state index is 0.109. The van der Waals surface area contributed by atoms with E-state index in [9.17, 15) is 0 Å². The van der Waals surface area contributed by atoms with Crippen molar-refractivity contribution < 1.29 is 0 Å². The molecule has 1 atom stereocenters. The Bertz CT molecular complexity index is 336. The fourth-order valence-electron chi connectivity index (χ4n) is 1.15. The summed E-state index contributed by atoms with van der Waals surface area (Å²) in [6.07, 6.45) is 0. The van der Waals surface area contributed by atoms with Crippen LogP contribution in [-0.4, -0.2) is 13.0 Å². The summed E-state index contributed by atoms with van der Waals surface area (Å²) in [5, 5.41) is 3.77. The van der Waals surface area contributed by atoms with E-state index in [-0.39, 0.29) is 6.04 Å². The molecule has 0 aromatic heterocycles. The third-order valence-electron chi connectivity index (χ3n) is 1.95. The number of guanidine groups is 1. The van der Waals surface area contributed by atoms with Crippen molar-refractivity contribution in [3.05, 3.63) is 34.9 Å². The number of halogens is 1. The van der Waals surface area contributed by atoms with Gasteiger partial charge in [0, 0.05) is 12.1 Å². The molecular formula is C10H14ClN3. The molecule has 0 amide bonds. The first-order valence-corrected chi connectivity index (χ1v) is 4.75. The molecule has 1 rings (SSSR count). The van der Waals surface area contributed by atoms with Gasteiger partial charge in [-0.2, -0.15) is 0 Å². The molecule has 1 aromatic carbocycles. The zero-order valence-electron chi connectivity index (χ0n) is 8.29. The predicted molar refractivity (Wildman–Crippen MR) is 60.5 cm³/mol. The highest BCUT2D eigenvalue weighted by Gasteiger charge is 2.05. The van der Waals surface area contributed by atoms with Crippen molar-refractivity contribution in [3.63, 3.8) is 0 Å². The fourth-order valence-corrected chi connectivity index (χ4v) is 1.34. The van der Waals surface area contributed by atoms with Crippen LogP contribution < -0.4 is 11.1 Å². The van der Waals surface area contributed by atoms with Gasteiger partial charge in [0.2, 0.25) is 0 Å². The smallest absolute Gasteiger partial charge is 0.188 e. The van der Waals surface area contributed by atoms with Crippen LogP contribution in [0.1, 0.15) is 18.5 Å². The highest BCUT2D eigenvalue weighted by atomic mass is 35.5. The number of hydrogen-bond acceptors (Lipinski definition) is 1. The molecule has 0 aliphatic heterocycles. The summed E-state index contributed by atoms with van der Waals surface area (Å²) < 4.78 is 0. The van der Waals surface area contributed by atoms with Gasteiger partial charge in [-0.1, -0.05) is 23.7 Å². The number of hydrogen-bond donors (Lipinski definition) is 2. The van der Waals surface area contributed by atoms with Crippen molar-refractivity contribution in [2.24, 2.45) is 10.7 Å². The van der Waals surface area contributed by atoms with Gasteiger partial charge >= 0.3 is 0 Å². The quantitative estimate of drug-likeness (QED) is 0.580. The summed E-state index contributed by atoms with van der Waals surface area (Å²) in [7, 11) is 1.65. The van der Waals surface area contributed by atoms with Crippen LogP contribution >= 0.6 is 11.6 Å². The molecule has 4 heteroatoms. The Morgan fingerprint density at radius 2 is 2.29 bits per heavy atom. The van der Waals surface area contributed by atoms with Crippen molar-refractivity contribution in [2.45, 2.75) is 13.0 Å². The van der Waals surface area contributed by atoms with Crippen LogP contribution in [0.4, 0.5) is 0 Å². The SMILES string of the molecule is CN=C(N)NC(C)c1cccc(Cl)c1. The largest absolute Gasteiger partial charge is 0.370 e. The van der Waals surface area contributed by atoms with E-state index >= 15 is 0 Å². The third kappa shape index (κ3) is 2.92. The number of aliphatic imine (C=N–C) groups is 1. The number of nitrogens with two attached hydrogens (primary N) is 1. The number of benzene rings is 1. The van der Waals surface area contributed by atoms with E-state index < -0.39 is 0 Å². The maximum Gasteiger partial charge on any atom is 0.188 e. The van der Waals surface area contributed by atoms with Crippen LogP contribution in [0.5, 0.6) is 0 Å². The number of nitrogens with one attached hydrogen (secondary N) is 1. The lowest BCUT2D eigenvalue weighted by Crippen LogP contribution is -2.33. The molecule has 3 nitrogen and oxygen atoms in total. The van der Waals surface area contributed by atoms with Crippen LogP contribution in [0.15, 0.2) is 29.3 Å². The van der Waals surface area contributed by atoms with E-state index in [0.717, 1.165) is 10.6 Å². The second-order valence-corrected chi connectivity index (χ2v) is 3.47. The fraction of sp³-hybridized carbons (Fsp3) is 0.300. The molecular weight excluding hydrogens is 198 g/mol. The summed E-state index contributed by atoms with van der Waals surface area (Å²) in [6, 6.07) is 7.76. The molecule has 0 saturated heterocycles. The Labute approximate surface area is 89.0 Å². The molecule has 0 aliphatic carbocycles. The average Bonchev–Trinajstić information content (AvgIpc) is 2.17. The summed E-state index contributed by atoms with van der Waals surface area (Å²) in [6.45, 7) is 2.00. The van der Waals surface area contributed by atoms with E-state index in [0.29, 0.717) is 5.96 Å². The second kappa shape index (κ2) is 4.86. The molecule has 3 N–H and O–H groups in total. The topological polar surface area (TPSA) is 50.4 Å². The number of rotatable bonds is 2. The Balaban J connectivity index is 2.74. The van der Waals surface area contributed by atoms with Crippen molar-refractivity contribution in [1.82, 2.24) is 5.32 Å². The van der Waals surface area contributed by atoms with Crippen molar-refractivity contribution >= 4 is 17.6 Å². The Hall–Kier alpha value is -1.22. The minimum Gasteiger partial charge on any atom is -0.370 e. The van der Waals surface area contributed by atoms with Gasteiger partial charge in [-0.3, -0.25) is 4.99 Å². The summed E-state index contributed by atoms with van der Waals surface area (Å²) in [4.78, 5) is 3.83. The van der Waals surface area contributed by atoms with Gasteiger partial charge in [0.1, 0.15) is 0 Å². The average molecular weight is 212 g/mol. The van der Waals surface area contributed by atoms with E-state index in [4.69, 9.17) is 17.3 Å². The normalized spacial score (nSPS) is 13.8. The lowest BCUT2D eigenvalue weighted by Gasteiger charge is -2.14. The maximum atomic E-state index is 5.87. The summed E-state index contributed by atoms with van der Waals surface area (Å²) in [5.74, 6) is 0.428. The van der Waals surface area contributed by atoms with Gasteiger partial charge in [0.25, 0.3) is 0 Å². The van der Waals surface area contributed by atoms with Crippen LogP contribution in [0, 0.1) is 0 Å². The Kier molecular flexibility index (Phi) is 3.77. The molecule has 0 radical (unpaired) electrons. The van der Waals surface area contributed by atoms with Crippen molar-refractivity contribution in [2.75, 3.05) is 7.05 Å². The minimum absolute atomic E-state index is 0.109. The highest BCUT2D eigenvalue weighted by molar-refractivity contribution is 6.30. The van der Waals surface area contributed by atoms with Crippen LogP contribution in [0.2, 0.25) is 5.02 Å². The van der Waals surface area contributed by atoms with E-state index in [1.807, 2.05) is 31.2 Å². The highest BCUT2D eigenvalue weighted by Crippen LogP contribution is 2.16. The van der Waals surface area contributed by atoms with E-state index in [1.54, 1.807) is 7.05 Å². The zero-order valence-corrected chi connectivity index (χ0v) is 9.05. The molecule has 14 heavy (non-hydrogen) atoms. The number of nitrogens with zero attached hydrogens (tertiary/aromatic N) is 1. The standard InChI is InChI=1S/C10H14ClN3/c1-7(14-10(12)13-2)8-4-3-5-9(11)6-8/h3-7H,1-2H3,(H3,12,13,14). The van der Waals surface area contributed by atoms with Gasteiger partial charge in [-0.15, -0.1) is 0 Å². The van der Waals surface area contributed by atoms with Gasteiger partial charge in [-0.05, 0) is 24.6 Å². The lowest BCUT2D eigenvalue weighted by atomic mass is 10.1. The first-order chi connectivity index (χ1) is 6.63. The van der Waals surface area contributed by atoms with E-state index in [1.165, 1.54) is 0 Å². The van der Waals surface area contributed by atoms with Gasteiger partial charge in [-0.25, -0.2) is 0 Å². The first kappa shape index (κ1) is 10.9. The monoisotopic (exact) mass is 211 g/mol. The third-order valence-corrected chi connectivity index (χ3v) is 2.19.